The van der Waals surface area contributed by atoms with Crippen LogP contribution in [0.3, 0.4) is 0 Å². The minimum Gasteiger partial charge on any atom is -0.349 e. The smallest absolute Gasteiger partial charge is 0.271 e. The van der Waals surface area contributed by atoms with E-state index in [4.69, 9.17) is 11.6 Å². The molecule has 0 aliphatic heterocycles. The molecule has 6 nitrogen and oxygen atoms in total. The van der Waals surface area contributed by atoms with Crippen molar-refractivity contribution in [3.63, 3.8) is 0 Å². The number of halogens is 1. The van der Waals surface area contributed by atoms with E-state index in [-0.39, 0.29) is 11.2 Å². The molecule has 0 fully saturated rings. The second kappa shape index (κ2) is 5.05. The third kappa shape index (κ3) is 2.78. The van der Waals surface area contributed by atoms with Crippen LogP contribution in [-0.2, 0) is 0 Å². The molecule has 1 unspecified atom stereocenters. The minimum absolute atomic E-state index is 0.0401. The number of alkyl halides is 1. The van der Waals surface area contributed by atoms with Gasteiger partial charge in [0.15, 0.2) is 0 Å². The van der Waals surface area contributed by atoms with Crippen LogP contribution in [0.5, 0.6) is 0 Å². The lowest BCUT2D eigenvalue weighted by Gasteiger charge is -2.26. The number of nitro groups is 1. The molecule has 0 amide bonds. The molecule has 0 aliphatic carbocycles. The van der Waals surface area contributed by atoms with Crippen LogP contribution < -0.4 is 5.32 Å². The summed E-state index contributed by atoms with van der Waals surface area (Å²) in [5.74, 6) is 1.02. The Morgan fingerprint density at radius 3 is 2.89 bits per heavy atom. The van der Waals surface area contributed by atoms with Gasteiger partial charge in [0, 0.05) is 18.0 Å². The molecule has 2 aromatic rings. The van der Waals surface area contributed by atoms with Crippen molar-refractivity contribution in [2.75, 3.05) is 11.2 Å². The predicted octanol–water partition coefficient (Wildman–Crippen LogP) is 3.29. The van der Waals surface area contributed by atoms with Gasteiger partial charge in [0.2, 0.25) is 5.95 Å². The fraction of sp³-hybridized carbons (Fsp3) is 0.417. The largest absolute Gasteiger partial charge is 0.349 e. The van der Waals surface area contributed by atoms with Gasteiger partial charge in [-0.2, -0.15) is 0 Å². The number of aromatic amines is 1. The standard InChI is InChI=1S/C12H15ClN4O2/c1-3-12(2,7-13)16-11-14-9-5-4-8(17(18)19)6-10(9)15-11/h4-6H,3,7H2,1-2H3,(H2,14,15,16). The van der Waals surface area contributed by atoms with Crippen molar-refractivity contribution in [1.29, 1.82) is 0 Å². The molecule has 0 radical (unpaired) electrons. The van der Waals surface area contributed by atoms with E-state index in [1.807, 2.05) is 13.8 Å². The Balaban J connectivity index is 2.34. The summed E-state index contributed by atoms with van der Waals surface area (Å²) < 4.78 is 0. The van der Waals surface area contributed by atoms with Gasteiger partial charge >= 0.3 is 0 Å². The van der Waals surface area contributed by atoms with Crippen molar-refractivity contribution in [2.24, 2.45) is 0 Å². The zero-order valence-corrected chi connectivity index (χ0v) is 11.5. The lowest BCUT2D eigenvalue weighted by Crippen LogP contribution is -2.36. The number of rotatable bonds is 5. The van der Waals surface area contributed by atoms with E-state index in [1.54, 1.807) is 6.07 Å². The summed E-state index contributed by atoms with van der Waals surface area (Å²) in [7, 11) is 0. The number of hydrogen-bond acceptors (Lipinski definition) is 4. The second-order valence-electron chi connectivity index (χ2n) is 4.72. The van der Waals surface area contributed by atoms with Crippen molar-refractivity contribution in [3.8, 4) is 0 Å². The number of H-pyrrole nitrogens is 1. The maximum absolute atomic E-state index is 10.7. The van der Waals surface area contributed by atoms with E-state index in [0.717, 1.165) is 6.42 Å². The quantitative estimate of drug-likeness (QED) is 0.501. The number of imidazole rings is 1. The molecule has 7 heteroatoms. The minimum atomic E-state index is -0.428. The number of anilines is 1. The molecule has 0 aliphatic rings. The molecular weight excluding hydrogens is 268 g/mol. The third-order valence-electron chi connectivity index (χ3n) is 3.17. The molecule has 2 N–H and O–H groups in total. The van der Waals surface area contributed by atoms with Gasteiger partial charge in [-0.3, -0.25) is 10.1 Å². The molecule has 1 atom stereocenters. The fourth-order valence-corrected chi connectivity index (χ4v) is 1.93. The van der Waals surface area contributed by atoms with Crippen LogP contribution in [0.25, 0.3) is 11.0 Å². The normalized spacial score (nSPS) is 14.3. The van der Waals surface area contributed by atoms with E-state index in [2.05, 4.69) is 15.3 Å². The van der Waals surface area contributed by atoms with Crippen LogP contribution in [0.4, 0.5) is 11.6 Å². The van der Waals surface area contributed by atoms with Gasteiger partial charge in [-0.25, -0.2) is 4.98 Å². The lowest BCUT2D eigenvalue weighted by molar-refractivity contribution is -0.384. The Morgan fingerprint density at radius 2 is 2.32 bits per heavy atom. The van der Waals surface area contributed by atoms with Crippen LogP contribution >= 0.6 is 11.6 Å². The number of nitro benzene ring substituents is 1. The van der Waals surface area contributed by atoms with Crippen molar-refractivity contribution in [3.05, 3.63) is 28.3 Å². The number of nitrogens with zero attached hydrogens (tertiary/aromatic N) is 2. The van der Waals surface area contributed by atoms with Gasteiger partial charge in [0.25, 0.3) is 5.69 Å². The highest BCUT2D eigenvalue weighted by Crippen LogP contribution is 2.23. The van der Waals surface area contributed by atoms with Crippen LogP contribution in [0, 0.1) is 10.1 Å². The van der Waals surface area contributed by atoms with Gasteiger partial charge in [-0.15, -0.1) is 11.6 Å². The molecule has 2 rings (SSSR count). The van der Waals surface area contributed by atoms with Crippen molar-refractivity contribution in [2.45, 2.75) is 25.8 Å². The fourth-order valence-electron chi connectivity index (χ4n) is 1.67. The maximum atomic E-state index is 10.7. The molecule has 102 valence electrons. The van der Waals surface area contributed by atoms with Gasteiger partial charge < -0.3 is 10.3 Å². The summed E-state index contributed by atoms with van der Waals surface area (Å²) in [4.78, 5) is 17.7. The number of nitrogens with one attached hydrogen (secondary N) is 2. The van der Waals surface area contributed by atoms with Crippen LogP contribution in [0.2, 0.25) is 0 Å². The topological polar surface area (TPSA) is 83.8 Å². The van der Waals surface area contributed by atoms with Crippen LogP contribution in [0.15, 0.2) is 18.2 Å². The molecule has 1 heterocycles. The summed E-state index contributed by atoms with van der Waals surface area (Å²) in [6, 6.07) is 4.53. The molecule has 1 aromatic carbocycles. The highest BCUT2D eigenvalue weighted by atomic mass is 35.5. The lowest BCUT2D eigenvalue weighted by atomic mass is 10.0. The Hall–Kier alpha value is -1.82. The maximum Gasteiger partial charge on any atom is 0.271 e. The molecule has 0 saturated carbocycles. The second-order valence-corrected chi connectivity index (χ2v) is 4.98. The summed E-state index contributed by atoms with van der Waals surface area (Å²) in [6.45, 7) is 4.03. The van der Waals surface area contributed by atoms with Gasteiger partial charge in [0.05, 0.1) is 21.5 Å². The molecular formula is C12H15ClN4O2. The highest BCUT2D eigenvalue weighted by Gasteiger charge is 2.22. The zero-order valence-electron chi connectivity index (χ0n) is 10.7. The Labute approximate surface area is 115 Å². The Kier molecular flexibility index (Phi) is 3.61. The molecule has 19 heavy (non-hydrogen) atoms. The molecule has 0 bridgehead atoms. The average molecular weight is 283 g/mol. The van der Waals surface area contributed by atoms with Gasteiger partial charge in [0.1, 0.15) is 0 Å². The summed E-state index contributed by atoms with van der Waals surface area (Å²) in [5.41, 5.74) is 1.09. The Bertz CT molecular complexity index is 607. The number of non-ortho nitro benzene ring substituents is 1. The van der Waals surface area contributed by atoms with E-state index in [1.165, 1.54) is 12.1 Å². The third-order valence-corrected chi connectivity index (χ3v) is 3.76. The number of benzene rings is 1. The van der Waals surface area contributed by atoms with Gasteiger partial charge in [-0.1, -0.05) is 6.92 Å². The Morgan fingerprint density at radius 1 is 1.58 bits per heavy atom. The van der Waals surface area contributed by atoms with E-state index >= 15 is 0 Å². The number of aromatic nitrogens is 2. The zero-order chi connectivity index (χ0) is 14.0. The first-order chi connectivity index (χ1) is 8.97. The predicted molar refractivity (Wildman–Crippen MR) is 75.8 cm³/mol. The summed E-state index contributed by atoms with van der Waals surface area (Å²) in [6.07, 6.45) is 0.841. The van der Waals surface area contributed by atoms with E-state index < -0.39 is 4.92 Å². The average Bonchev–Trinajstić information content (AvgIpc) is 2.79. The monoisotopic (exact) mass is 282 g/mol. The molecule has 1 aromatic heterocycles. The van der Waals surface area contributed by atoms with Crippen LogP contribution in [0.1, 0.15) is 20.3 Å². The summed E-state index contributed by atoms with van der Waals surface area (Å²) in [5, 5.41) is 13.9. The number of hydrogen-bond donors (Lipinski definition) is 2. The van der Waals surface area contributed by atoms with Crippen molar-refractivity contribution >= 4 is 34.3 Å². The van der Waals surface area contributed by atoms with Crippen molar-refractivity contribution < 1.29 is 4.92 Å². The first-order valence-corrected chi connectivity index (χ1v) is 6.49. The molecule has 0 spiro atoms. The number of fused-ring (bicyclic) bond motifs is 1. The SMILES string of the molecule is CCC(C)(CCl)Nc1nc2ccc([N+](=O)[O-])cc2[nH]1. The van der Waals surface area contributed by atoms with Gasteiger partial charge in [-0.05, 0) is 19.4 Å². The first-order valence-electron chi connectivity index (χ1n) is 5.96. The van der Waals surface area contributed by atoms with Crippen molar-refractivity contribution in [1.82, 2.24) is 9.97 Å². The highest BCUT2D eigenvalue weighted by molar-refractivity contribution is 6.18. The van der Waals surface area contributed by atoms with Crippen LogP contribution in [-0.4, -0.2) is 26.3 Å². The molecule has 0 saturated heterocycles. The van der Waals surface area contributed by atoms with E-state index in [0.29, 0.717) is 22.9 Å². The van der Waals surface area contributed by atoms with E-state index in [9.17, 15) is 10.1 Å². The summed E-state index contributed by atoms with van der Waals surface area (Å²) >= 11 is 5.93. The first kappa shape index (κ1) is 13.6.